The molecule has 2 heteroatoms. The summed E-state index contributed by atoms with van der Waals surface area (Å²) in [7, 11) is 0. The molecule has 1 aromatic carbocycles. The third-order valence-electron chi connectivity index (χ3n) is 1.62. The van der Waals surface area contributed by atoms with Crippen molar-refractivity contribution in [3.63, 3.8) is 0 Å². The Labute approximate surface area is 79.9 Å². The third-order valence-corrected chi connectivity index (χ3v) is 1.62. The summed E-state index contributed by atoms with van der Waals surface area (Å²) in [4.78, 5) is 0. The summed E-state index contributed by atoms with van der Waals surface area (Å²) in [5, 5.41) is 11.2. The minimum atomic E-state index is 0.854. The van der Waals surface area contributed by atoms with E-state index in [1.165, 1.54) is 0 Å². The number of benzene rings is 1. The predicted molar refractivity (Wildman–Crippen MR) is 56.2 cm³/mol. The van der Waals surface area contributed by atoms with Crippen LogP contribution in [0.1, 0.15) is 26.7 Å². The number of oxime groups is 1. The van der Waals surface area contributed by atoms with E-state index in [2.05, 4.69) is 5.16 Å². The minimum absolute atomic E-state index is 0.854. The highest BCUT2D eigenvalue weighted by molar-refractivity contribution is 5.83. The van der Waals surface area contributed by atoms with Crippen LogP contribution >= 0.6 is 0 Å². The molecule has 0 aromatic heterocycles. The summed E-state index contributed by atoms with van der Waals surface area (Å²) < 4.78 is 0. The van der Waals surface area contributed by atoms with Crippen LogP contribution in [0.4, 0.5) is 0 Å². The summed E-state index contributed by atoms with van der Waals surface area (Å²) in [6, 6.07) is 12.0. The van der Waals surface area contributed by atoms with Crippen LogP contribution in [0.15, 0.2) is 41.6 Å². The molecule has 0 saturated carbocycles. The highest BCUT2D eigenvalue weighted by atomic mass is 16.4. The summed E-state index contributed by atoms with van der Waals surface area (Å²) in [6.45, 7) is 3.94. The Balaban J connectivity index is 0.000000223. The fraction of sp³-hybridized carbons (Fsp3) is 0.364. The summed E-state index contributed by atoms with van der Waals surface area (Å²) in [5.74, 6) is 0. The zero-order valence-electron chi connectivity index (χ0n) is 8.27. The van der Waals surface area contributed by atoms with Gasteiger partial charge < -0.3 is 5.21 Å². The molecule has 0 radical (unpaired) electrons. The number of hydrogen-bond acceptors (Lipinski definition) is 2. The maximum Gasteiger partial charge on any atom is 0.0565 e. The van der Waals surface area contributed by atoms with Crippen molar-refractivity contribution in [2.45, 2.75) is 26.7 Å². The Kier molecular flexibility index (Phi) is 7.90. The molecule has 0 fully saturated rings. The van der Waals surface area contributed by atoms with Gasteiger partial charge in [0.2, 0.25) is 0 Å². The van der Waals surface area contributed by atoms with Crippen molar-refractivity contribution >= 4 is 5.71 Å². The molecule has 0 spiro atoms. The van der Waals surface area contributed by atoms with E-state index in [1.807, 2.05) is 50.2 Å². The van der Waals surface area contributed by atoms with E-state index in [-0.39, 0.29) is 0 Å². The van der Waals surface area contributed by atoms with E-state index >= 15 is 0 Å². The molecule has 13 heavy (non-hydrogen) atoms. The maximum atomic E-state index is 8.11. The van der Waals surface area contributed by atoms with Gasteiger partial charge in [-0.15, -0.1) is 0 Å². The van der Waals surface area contributed by atoms with Gasteiger partial charge in [-0.25, -0.2) is 0 Å². The highest BCUT2D eigenvalue weighted by Gasteiger charge is 1.86. The van der Waals surface area contributed by atoms with Crippen LogP contribution in [0.3, 0.4) is 0 Å². The van der Waals surface area contributed by atoms with Crippen molar-refractivity contribution in [3.05, 3.63) is 36.4 Å². The van der Waals surface area contributed by atoms with Gasteiger partial charge in [0, 0.05) is 0 Å². The number of nitrogens with zero attached hydrogens (tertiary/aromatic N) is 1. The summed E-state index contributed by atoms with van der Waals surface area (Å²) >= 11 is 0. The van der Waals surface area contributed by atoms with E-state index in [1.54, 1.807) is 0 Å². The van der Waals surface area contributed by atoms with E-state index in [0.29, 0.717) is 0 Å². The van der Waals surface area contributed by atoms with Gasteiger partial charge in [-0.05, 0) is 12.8 Å². The monoisotopic (exact) mass is 179 g/mol. The van der Waals surface area contributed by atoms with E-state index in [0.717, 1.165) is 18.6 Å². The molecule has 0 saturated heterocycles. The molecule has 72 valence electrons. The zero-order valence-corrected chi connectivity index (χ0v) is 8.27. The Bertz CT molecular complexity index is 186. The molecule has 0 unspecified atom stereocenters. The van der Waals surface area contributed by atoms with Gasteiger partial charge >= 0.3 is 0 Å². The van der Waals surface area contributed by atoms with Crippen molar-refractivity contribution in [3.8, 4) is 0 Å². The second-order valence-electron chi connectivity index (χ2n) is 2.53. The molecule has 0 aliphatic rings. The van der Waals surface area contributed by atoms with Gasteiger partial charge in [0.1, 0.15) is 0 Å². The lowest BCUT2D eigenvalue weighted by Crippen LogP contribution is -1.90. The number of rotatable bonds is 2. The average Bonchev–Trinajstić information content (AvgIpc) is 2.24. The Morgan fingerprint density at radius 2 is 1.23 bits per heavy atom. The van der Waals surface area contributed by atoms with Crippen LogP contribution in [0.5, 0.6) is 0 Å². The normalized spacial score (nSPS) is 8.15. The largest absolute Gasteiger partial charge is 0.411 e. The second kappa shape index (κ2) is 8.78. The maximum absolute atomic E-state index is 8.11. The Morgan fingerprint density at radius 3 is 1.31 bits per heavy atom. The minimum Gasteiger partial charge on any atom is -0.411 e. The molecule has 0 aliphatic heterocycles. The SMILES string of the molecule is CCC(CC)=NO.c1ccccc1. The van der Waals surface area contributed by atoms with Crippen LogP contribution in [0.2, 0.25) is 0 Å². The molecule has 2 nitrogen and oxygen atoms in total. The molecule has 1 N–H and O–H groups in total. The van der Waals surface area contributed by atoms with Gasteiger partial charge in [0.25, 0.3) is 0 Å². The zero-order chi connectivity index (χ0) is 9.94. The van der Waals surface area contributed by atoms with Crippen molar-refractivity contribution in [1.29, 1.82) is 0 Å². The summed E-state index contributed by atoms with van der Waals surface area (Å²) in [5.41, 5.74) is 0.861. The van der Waals surface area contributed by atoms with Crippen molar-refractivity contribution in [2.75, 3.05) is 0 Å². The first kappa shape index (κ1) is 11.7. The van der Waals surface area contributed by atoms with Crippen LogP contribution in [0.25, 0.3) is 0 Å². The van der Waals surface area contributed by atoms with Gasteiger partial charge in [-0.3, -0.25) is 0 Å². The second-order valence-corrected chi connectivity index (χ2v) is 2.53. The van der Waals surface area contributed by atoms with Crippen LogP contribution in [-0.4, -0.2) is 10.9 Å². The van der Waals surface area contributed by atoms with Gasteiger partial charge in [-0.1, -0.05) is 55.4 Å². The quantitative estimate of drug-likeness (QED) is 0.421. The lowest BCUT2D eigenvalue weighted by molar-refractivity contribution is 0.316. The molecule has 0 amide bonds. The van der Waals surface area contributed by atoms with Crippen molar-refractivity contribution in [2.24, 2.45) is 5.16 Å². The van der Waals surface area contributed by atoms with Gasteiger partial charge in [-0.2, -0.15) is 0 Å². The van der Waals surface area contributed by atoms with Crippen molar-refractivity contribution in [1.82, 2.24) is 0 Å². The van der Waals surface area contributed by atoms with E-state index in [9.17, 15) is 0 Å². The average molecular weight is 179 g/mol. The molecular formula is C11H17NO. The number of hydrogen-bond donors (Lipinski definition) is 1. The Morgan fingerprint density at radius 1 is 0.923 bits per heavy atom. The molecule has 1 aromatic rings. The smallest absolute Gasteiger partial charge is 0.0565 e. The topological polar surface area (TPSA) is 32.6 Å². The first-order valence-electron chi connectivity index (χ1n) is 4.54. The van der Waals surface area contributed by atoms with E-state index < -0.39 is 0 Å². The molecule has 0 heterocycles. The van der Waals surface area contributed by atoms with Crippen LogP contribution < -0.4 is 0 Å². The molecule has 0 atom stereocenters. The molecular weight excluding hydrogens is 162 g/mol. The molecule has 1 rings (SSSR count). The first-order valence-corrected chi connectivity index (χ1v) is 4.54. The fourth-order valence-electron chi connectivity index (χ4n) is 0.776. The lowest BCUT2D eigenvalue weighted by atomic mass is 10.2. The third kappa shape index (κ3) is 7.06. The van der Waals surface area contributed by atoms with Crippen molar-refractivity contribution < 1.29 is 5.21 Å². The molecule has 0 bridgehead atoms. The Hall–Kier alpha value is -1.31. The van der Waals surface area contributed by atoms with Gasteiger partial charge in [0.15, 0.2) is 0 Å². The predicted octanol–water partition coefficient (Wildman–Crippen LogP) is 3.32. The van der Waals surface area contributed by atoms with Crippen LogP contribution in [0, 0.1) is 0 Å². The highest BCUT2D eigenvalue weighted by Crippen LogP contribution is 1.88. The lowest BCUT2D eigenvalue weighted by Gasteiger charge is -1.89. The van der Waals surface area contributed by atoms with E-state index in [4.69, 9.17) is 5.21 Å². The fourth-order valence-corrected chi connectivity index (χ4v) is 0.776. The van der Waals surface area contributed by atoms with Gasteiger partial charge in [0.05, 0.1) is 5.71 Å². The summed E-state index contributed by atoms with van der Waals surface area (Å²) in [6.07, 6.45) is 1.71. The first-order chi connectivity index (χ1) is 6.35. The standard InChI is InChI=1S/C6H6.C5H11NO/c1-2-4-6-5-3-1;1-3-5(4-2)6-7/h1-6H;7H,3-4H2,1-2H3. The molecule has 0 aliphatic carbocycles. The van der Waals surface area contributed by atoms with Crippen LogP contribution in [-0.2, 0) is 0 Å².